The molecule has 1 fully saturated rings. The fourth-order valence-corrected chi connectivity index (χ4v) is 5.91. The van der Waals surface area contributed by atoms with Crippen LogP contribution in [-0.2, 0) is 29.4 Å². The first-order valence-electron chi connectivity index (χ1n) is 10.0. The van der Waals surface area contributed by atoms with Crippen molar-refractivity contribution in [3.63, 3.8) is 0 Å². The second-order valence-corrected chi connectivity index (χ2v) is 10.5. The highest BCUT2D eigenvalue weighted by Crippen LogP contribution is 2.37. The fraction of sp³-hybridized carbons (Fsp3) is 0.455. The maximum atomic E-state index is 14.7. The monoisotopic (exact) mass is 436 g/mol. The van der Waals surface area contributed by atoms with Crippen LogP contribution in [0.5, 0.6) is 0 Å². The molecule has 0 heterocycles. The number of benzene rings is 2. The smallest absolute Gasteiger partial charge is 0.212 e. The zero-order chi connectivity index (χ0) is 20.6. The van der Waals surface area contributed by atoms with Gasteiger partial charge >= 0.3 is 0 Å². The summed E-state index contributed by atoms with van der Waals surface area (Å²) in [7, 11) is -1.45. The Balaban J connectivity index is 1.56. The van der Waals surface area contributed by atoms with Crippen molar-refractivity contribution in [2.75, 3.05) is 12.8 Å². The van der Waals surface area contributed by atoms with E-state index in [1.807, 2.05) is 37.4 Å². The highest BCUT2D eigenvalue weighted by atomic mass is 35.5. The van der Waals surface area contributed by atoms with E-state index in [4.69, 9.17) is 11.6 Å². The molecule has 0 bridgehead atoms. The average molecular weight is 437 g/mol. The number of nitrogens with one attached hydrogen (secondary N) is 2. The molecule has 2 atom stereocenters. The van der Waals surface area contributed by atoms with Crippen LogP contribution in [0, 0.1) is 11.7 Å². The lowest BCUT2D eigenvalue weighted by molar-refractivity contribution is 0.492. The largest absolute Gasteiger partial charge is 0.316 e. The summed E-state index contributed by atoms with van der Waals surface area (Å²) in [4.78, 5) is 0. The molecule has 0 saturated heterocycles. The molecule has 1 saturated carbocycles. The quantitative estimate of drug-likeness (QED) is 0.662. The van der Waals surface area contributed by atoms with Gasteiger partial charge in [0.15, 0.2) is 0 Å². The molecule has 29 heavy (non-hydrogen) atoms. The van der Waals surface area contributed by atoms with E-state index in [1.165, 1.54) is 0 Å². The van der Waals surface area contributed by atoms with Crippen LogP contribution in [0.25, 0.3) is 0 Å². The Morgan fingerprint density at radius 1 is 1.21 bits per heavy atom. The Bertz CT molecular complexity index is 1010. The van der Waals surface area contributed by atoms with Crippen LogP contribution in [0.1, 0.15) is 41.0 Å². The summed E-state index contributed by atoms with van der Waals surface area (Å²) in [5.74, 6) is 0.224. The minimum atomic E-state index is -3.37. The lowest BCUT2D eigenvalue weighted by Gasteiger charge is -2.21. The zero-order valence-corrected chi connectivity index (χ0v) is 18.0. The third-order valence-corrected chi connectivity index (χ3v) is 7.71. The van der Waals surface area contributed by atoms with Crippen molar-refractivity contribution >= 4 is 21.6 Å². The summed E-state index contributed by atoms with van der Waals surface area (Å²) >= 11 is 6.14. The summed E-state index contributed by atoms with van der Waals surface area (Å²) in [6.07, 6.45) is 3.47. The molecule has 0 radical (unpaired) electrons. The van der Waals surface area contributed by atoms with E-state index in [-0.39, 0.29) is 36.0 Å². The van der Waals surface area contributed by atoms with Crippen LogP contribution in [0.3, 0.4) is 0 Å². The number of hydrogen-bond acceptors (Lipinski definition) is 3. The summed E-state index contributed by atoms with van der Waals surface area (Å²) in [6.45, 7) is -0.0116. The molecule has 7 heteroatoms. The molecule has 2 aromatic rings. The minimum absolute atomic E-state index is 0.0116. The standard InChI is InChI=1S/C22H26ClFN2O2S/c1-25-22-11-16-10-21(24)17(12-26-29(27,28)13-14-5-6-14)9-19(16)20(22)8-15-3-2-4-18(23)7-15/h2-4,7,9-10,14,20,22,25-26H,5-6,8,11-13H2,1H3. The van der Waals surface area contributed by atoms with Gasteiger partial charge in [0.25, 0.3) is 0 Å². The lowest BCUT2D eigenvalue weighted by atomic mass is 9.90. The first-order valence-corrected chi connectivity index (χ1v) is 12.1. The summed E-state index contributed by atoms with van der Waals surface area (Å²) in [6, 6.07) is 11.4. The molecule has 0 aliphatic heterocycles. The number of hydrogen-bond donors (Lipinski definition) is 2. The number of sulfonamides is 1. The fourth-order valence-electron chi connectivity index (χ4n) is 4.25. The van der Waals surface area contributed by atoms with Gasteiger partial charge in [0.1, 0.15) is 5.82 Å². The maximum Gasteiger partial charge on any atom is 0.212 e. The molecule has 0 amide bonds. The molecule has 2 aromatic carbocycles. The van der Waals surface area contributed by atoms with Crippen LogP contribution in [0.15, 0.2) is 36.4 Å². The molecule has 0 aromatic heterocycles. The van der Waals surface area contributed by atoms with Gasteiger partial charge < -0.3 is 5.32 Å². The molecule has 4 rings (SSSR count). The van der Waals surface area contributed by atoms with Gasteiger partial charge in [-0.1, -0.05) is 29.8 Å². The van der Waals surface area contributed by atoms with Crippen molar-refractivity contribution in [3.8, 4) is 0 Å². The normalized spacial score (nSPS) is 21.3. The van der Waals surface area contributed by atoms with E-state index < -0.39 is 10.0 Å². The van der Waals surface area contributed by atoms with Crippen molar-refractivity contribution in [2.45, 2.75) is 44.2 Å². The predicted molar refractivity (Wildman–Crippen MR) is 114 cm³/mol. The van der Waals surface area contributed by atoms with Gasteiger partial charge in [0.05, 0.1) is 5.75 Å². The molecule has 2 aliphatic carbocycles. The van der Waals surface area contributed by atoms with Gasteiger partial charge in [-0.05, 0) is 73.5 Å². The van der Waals surface area contributed by atoms with E-state index >= 15 is 0 Å². The van der Waals surface area contributed by atoms with E-state index in [9.17, 15) is 12.8 Å². The van der Waals surface area contributed by atoms with Gasteiger partial charge in [-0.25, -0.2) is 17.5 Å². The highest BCUT2D eigenvalue weighted by molar-refractivity contribution is 7.89. The van der Waals surface area contributed by atoms with Crippen molar-refractivity contribution in [2.24, 2.45) is 5.92 Å². The SMILES string of the molecule is CNC1Cc2cc(F)c(CNS(=O)(=O)CC3CC3)cc2C1Cc1cccc(Cl)c1. The molecular weight excluding hydrogens is 411 g/mol. The maximum absolute atomic E-state index is 14.7. The summed E-state index contributed by atoms with van der Waals surface area (Å²) in [5.41, 5.74) is 3.60. The minimum Gasteiger partial charge on any atom is -0.316 e. The molecule has 2 unspecified atom stereocenters. The third kappa shape index (κ3) is 5.00. The van der Waals surface area contributed by atoms with Crippen molar-refractivity contribution in [3.05, 3.63) is 69.5 Å². The van der Waals surface area contributed by atoms with Crippen molar-refractivity contribution in [1.29, 1.82) is 0 Å². The molecule has 2 N–H and O–H groups in total. The van der Waals surface area contributed by atoms with E-state index in [1.54, 1.807) is 6.07 Å². The Labute approximate surface area is 176 Å². The number of likely N-dealkylation sites (N-methyl/N-ethyl adjacent to an activating group) is 1. The Hall–Kier alpha value is -1.47. The van der Waals surface area contributed by atoms with Crippen molar-refractivity contribution in [1.82, 2.24) is 10.0 Å². The predicted octanol–water partition coefficient (Wildman–Crippen LogP) is 3.78. The molecule has 4 nitrogen and oxygen atoms in total. The highest BCUT2D eigenvalue weighted by Gasteiger charge is 2.33. The topological polar surface area (TPSA) is 58.2 Å². The Morgan fingerprint density at radius 3 is 2.69 bits per heavy atom. The first kappa shape index (κ1) is 20.8. The Kier molecular flexibility index (Phi) is 5.98. The Morgan fingerprint density at radius 2 is 2.00 bits per heavy atom. The van der Waals surface area contributed by atoms with E-state index in [0.717, 1.165) is 42.4 Å². The van der Waals surface area contributed by atoms with E-state index in [0.29, 0.717) is 10.6 Å². The summed E-state index contributed by atoms with van der Waals surface area (Å²) in [5, 5.41) is 4.05. The van der Waals surface area contributed by atoms with Crippen molar-refractivity contribution < 1.29 is 12.8 Å². The molecule has 2 aliphatic rings. The number of halogens is 2. The number of fused-ring (bicyclic) bond motifs is 1. The molecule has 156 valence electrons. The van der Waals surface area contributed by atoms with Gasteiger partial charge in [-0.2, -0.15) is 0 Å². The van der Waals surface area contributed by atoms with Gasteiger partial charge in [-0.15, -0.1) is 0 Å². The number of rotatable bonds is 8. The van der Waals surface area contributed by atoms with Gasteiger partial charge in [0.2, 0.25) is 10.0 Å². The van der Waals surface area contributed by atoms with Gasteiger partial charge in [-0.3, -0.25) is 0 Å². The molecular formula is C22H26ClFN2O2S. The van der Waals surface area contributed by atoms with Crippen LogP contribution in [0.2, 0.25) is 5.02 Å². The van der Waals surface area contributed by atoms with Crippen LogP contribution in [-0.4, -0.2) is 27.3 Å². The van der Waals surface area contributed by atoms with Crippen LogP contribution in [0.4, 0.5) is 4.39 Å². The second-order valence-electron chi connectivity index (χ2n) is 8.23. The summed E-state index contributed by atoms with van der Waals surface area (Å²) < 4.78 is 41.6. The van der Waals surface area contributed by atoms with E-state index in [2.05, 4.69) is 10.0 Å². The van der Waals surface area contributed by atoms with Crippen LogP contribution < -0.4 is 10.0 Å². The average Bonchev–Trinajstić information content (AvgIpc) is 3.40. The zero-order valence-electron chi connectivity index (χ0n) is 16.4. The first-order chi connectivity index (χ1) is 13.8. The van der Waals surface area contributed by atoms with Crippen LogP contribution >= 0.6 is 11.6 Å². The lowest BCUT2D eigenvalue weighted by Crippen LogP contribution is -2.30. The van der Waals surface area contributed by atoms with Gasteiger partial charge in [0, 0.05) is 29.1 Å². The molecule has 0 spiro atoms. The third-order valence-electron chi connectivity index (χ3n) is 5.98. The second kappa shape index (κ2) is 8.34.